The molecule has 3 aromatic carbocycles. The fourth-order valence-corrected chi connectivity index (χ4v) is 5.21. The number of hydrogen-bond acceptors (Lipinski definition) is 4. The number of benzene rings is 3. The molecule has 0 heterocycles. The maximum atomic E-state index is 13.8. The van der Waals surface area contributed by atoms with E-state index < -0.39 is 28.5 Å². The average molecular weight is 627 g/mol. The van der Waals surface area contributed by atoms with Crippen molar-refractivity contribution < 1.29 is 18.0 Å². The molecule has 0 bridgehead atoms. The lowest BCUT2D eigenvalue weighted by molar-refractivity contribution is -0.139. The van der Waals surface area contributed by atoms with Crippen molar-refractivity contribution in [2.45, 2.75) is 19.0 Å². The molecule has 3 rings (SSSR count). The van der Waals surface area contributed by atoms with E-state index in [1.54, 1.807) is 42.5 Å². The zero-order valence-corrected chi connectivity index (χ0v) is 24.1. The van der Waals surface area contributed by atoms with Gasteiger partial charge in [-0.25, -0.2) is 8.42 Å². The van der Waals surface area contributed by atoms with Crippen LogP contribution >= 0.6 is 39.1 Å². The Morgan fingerprint density at radius 1 is 0.946 bits per heavy atom. The van der Waals surface area contributed by atoms with Gasteiger partial charge in [-0.05, 0) is 47.5 Å². The fraction of sp³-hybridized carbons (Fsp3) is 0.231. The standard InChI is InChI=1S/C26H26BrCl2N3O4S/c1-30-26(34)24(15-18-6-4-3-5-7-18)31(16-19-8-13-22(28)23(29)14-19)25(33)17-32(37(2,35)36)21-11-9-20(27)10-12-21/h3-14,24H,15-17H2,1-2H3,(H,30,34)/t24-/m1/s1. The topological polar surface area (TPSA) is 86.8 Å². The molecule has 37 heavy (non-hydrogen) atoms. The van der Waals surface area contributed by atoms with Crippen LogP contribution in [0.3, 0.4) is 0 Å². The van der Waals surface area contributed by atoms with Gasteiger partial charge in [0.15, 0.2) is 0 Å². The highest BCUT2D eigenvalue weighted by molar-refractivity contribution is 9.10. The number of halogens is 3. The Morgan fingerprint density at radius 3 is 2.16 bits per heavy atom. The van der Waals surface area contributed by atoms with Crippen LogP contribution in [0.15, 0.2) is 77.3 Å². The molecule has 0 aliphatic carbocycles. The number of likely N-dealkylation sites (N-methyl/N-ethyl adjacent to an activating group) is 1. The molecule has 0 saturated carbocycles. The largest absolute Gasteiger partial charge is 0.357 e. The summed E-state index contributed by atoms with van der Waals surface area (Å²) in [5.41, 5.74) is 1.81. The van der Waals surface area contributed by atoms with E-state index in [0.717, 1.165) is 20.6 Å². The van der Waals surface area contributed by atoms with Crippen molar-refractivity contribution in [3.63, 3.8) is 0 Å². The monoisotopic (exact) mass is 625 g/mol. The maximum absolute atomic E-state index is 13.8. The molecule has 7 nitrogen and oxygen atoms in total. The predicted molar refractivity (Wildman–Crippen MR) is 151 cm³/mol. The number of sulfonamides is 1. The summed E-state index contributed by atoms with van der Waals surface area (Å²) in [4.78, 5) is 28.3. The summed E-state index contributed by atoms with van der Waals surface area (Å²) in [7, 11) is -2.33. The molecule has 0 aromatic heterocycles. The van der Waals surface area contributed by atoms with Crippen LogP contribution in [0.25, 0.3) is 0 Å². The first-order valence-electron chi connectivity index (χ1n) is 11.2. The van der Waals surface area contributed by atoms with Crippen LogP contribution in [0.2, 0.25) is 10.0 Å². The molecule has 1 N–H and O–H groups in total. The van der Waals surface area contributed by atoms with Crippen molar-refractivity contribution in [3.8, 4) is 0 Å². The van der Waals surface area contributed by atoms with Crippen LogP contribution in [0.1, 0.15) is 11.1 Å². The Hall–Kier alpha value is -2.59. The second kappa shape index (κ2) is 12.8. The summed E-state index contributed by atoms with van der Waals surface area (Å²) in [6.07, 6.45) is 1.26. The third-order valence-electron chi connectivity index (χ3n) is 5.65. The summed E-state index contributed by atoms with van der Waals surface area (Å²) >= 11 is 15.6. The number of nitrogens with one attached hydrogen (secondary N) is 1. The lowest BCUT2D eigenvalue weighted by Crippen LogP contribution is -2.52. The number of anilines is 1. The number of amides is 2. The molecular weight excluding hydrogens is 601 g/mol. The van der Waals surface area contributed by atoms with Crippen LogP contribution in [0.5, 0.6) is 0 Å². The van der Waals surface area contributed by atoms with Crippen molar-refractivity contribution >= 4 is 66.7 Å². The first kappa shape index (κ1) is 29.0. The van der Waals surface area contributed by atoms with Gasteiger partial charge in [-0.1, -0.05) is 75.5 Å². The molecular formula is C26H26BrCl2N3O4S. The van der Waals surface area contributed by atoms with Gasteiger partial charge in [-0.3, -0.25) is 13.9 Å². The zero-order valence-electron chi connectivity index (χ0n) is 20.2. The van der Waals surface area contributed by atoms with Gasteiger partial charge >= 0.3 is 0 Å². The van der Waals surface area contributed by atoms with Crippen LogP contribution in [0, 0.1) is 0 Å². The van der Waals surface area contributed by atoms with E-state index in [9.17, 15) is 18.0 Å². The summed E-state index contributed by atoms with van der Waals surface area (Å²) < 4.78 is 27.2. The molecule has 196 valence electrons. The molecule has 0 unspecified atom stereocenters. The van der Waals surface area contributed by atoms with Crippen LogP contribution < -0.4 is 9.62 Å². The van der Waals surface area contributed by atoms with E-state index in [4.69, 9.17) is 23.2 Å². The van der Waals surface area contributed by atoms with E-state index in [0.29, 0.717) is 21.3 Å². The molecule has 0 fully saturated rings. The van der Waals surface area contributed by atoms with Gasteiger partial charge in [0.05, 0.1) is 22.0 Å². The Morgan fingerprint density at radius 2 is 1.59 bits per heavy atom. The molecule has 2 amide bonds. The van der Waals surface area contributed by atoms with Crippen molar-refractivity contribution in [3.05, 3.63) is 98.4 Å². The molecule has 0 saturated heterocycles. The molecule has 0 aliphatic rings. The minimum atomic E-state index is -3.82. The molecule has 0 spiro atoms. The summed E-state index contributed by atoms with van der Waals surface area (Å²) in [5, 5.41) is 3.29. The van der Waals surface area contributed by atoms with Gasteiger partial charge in [0, 0.05) is 24.5 Å². The number of hydrogen-bond donors (Lipinski definition) is 1. The Bertz CT molecular complexity index is 1360. The third kappa shape index (κ3) is 7.95. The smallest absolute Gasteiger partial charge is 0.244 e. The third-order valence-corrected chi connectivity index (χ3v) is 8.06. The van der Waals surface area contributed by atoms with Gasteiger partial charge in [0.2, 0.25) is 21.8 Å². The second-order valence-corrected chi connectivity index (χ2v) is 12.0. The van der Waals surface area contributed by atoms with Crippen molar-refractivity contribution in [1.29, 1.82) is 0 Å². The Balaban J connectivity index is 2.03. The minimum Gasteiger partial charge on any atom is -0.357 e. The minimum absolute atomic E-state index is 0.0125. The van der Waals surface area contributed by atoms with Gasteiger partial charge in [-0.15, -0.1) is 0 Å². The Labute approximate surface area is 235 Å². The second-order valence-electron chi connectivity index (χ2n) is 8.34. The summed E-state index contributed by atoms with van der Waals surface area (Å²) in [5.74, 6) is -0.934. The number of rotatable bonds is 10. The van der Waals surface area contributed by atoms with Crippen LogP contribution in [-0.2, 0) is 32.6 Å². The molecule has 0 aliphatic heterocycles. The van der Waals surface area contributed by atoms with Crippen LogP contribution in [-0.4, -0.2) is 51.0 Å². The van der Waals surface area contributed by atoms with E-state index in [-0.39, 0.29) is 18.9 Å². The summed E-state index contributed by atoms with van der Waals surface area (Å²) in [6, 6.07) is 19.9. The van der Waals surface area contributed by atoms with Gasteiger partial charge in [0.25, 0.3) is 0 Å². The van der Waals surface area contributed by atoms with Crippen molar-refractivity contribution in [2.24, 2.45) is 0 Å². The first-order valence-corrected chi connectivity index (χ1v) is 14.6. The lowest BCUT2D eigenvalue weighted by atomic mass is 10.0. The highest BCUT2D eigenvalue weighted by Gasteiger charge is 2.32. The van der Waals surface area contributed by atoms with Crippen molar-refractivity contribution in [2.75, 3.05) is 24.2 Å². The van der Waals surface area contributed by atoms with E-state index in [2.05, 4.69) is 21.2 Å². The quantitative estimate of drug-likeness (QED) is 0.347. The van der Waals surface area contributed by atoms with E-state index in [1.165, 1.54) is 11.9 Å². The molecule has 11 heteroatoms. The molecule has 1 atom stereocenters. The zero-order chi connectivity index (χ0) is 27.2. The van der Waals surface area contributed by atoms with Gasteiger partial charge in [-0.2, -0.15) is 0 Å². The normalized spacial score (nSPS) is 12.0. The average Bonchev–Trinajstić information content (AvgIpc) is 2.86. The number of carbonyl (C=O) groups excluding carboxylic acids is 2. The van der Waals surface area contributed by atoms with Gasteiger partial charge < -0.3 is 10.2 Å². The Kier molecular flexibility index (Phi) is 10.0. The van der Waals surface area contributed by atoms with E-state index >= 15 is 0 Å². The van der Waals surface area contributed by atoms with E-state index in [1.807, 2.05) is 30.3 Å². The summed E-state index contributed by atoms with van der Waals surface area (Å²) in [6.45, 7) is -0.483. The maximum Gasteiger partial charge on any atom is 0.244 e. The first-order chi connectivity index (χ1) is 17.5. The lowest BCUT2D eigenvalue weighted by Gasteiger charge is -2.33. The molecule has 0 radical (unpaired) electrons. The van der Waals surface area contributed by atoms with Gasteiger partial charge in [0.1, 0.15) is 12.6 Å². The fourth-order valence-electron chi connectivity index (χ4n) is 3.78. The number of nitrogens with zero attached hydrogens (tertiary/aromatic N) is 2. The predicted octanol–water partition coefficient (Wildman–Crippen LogP) is 4.91. The molecule has 3 aromatic rings. The number of carbonyl (C=O) groups is 2. The highest BCUT2D eigenvalue weighted by atomic mass is 79.9. The van der Waals surface area contributed by atoms with Crippen molar-refractivity contribution in [1.82, 2.24) is 10.2 Å². The highest BCUT2D eigenvalue weighted by Crippen LogP contribution is 2.25. The SMILES string of the molecule is CNC(=O)[C@@H](Cc1ccccc1)N(Cc1ccc(Cl)c(Cl)c1)C(=O)CN(c1ccc(Br)cc1)S(C)(=O)=O. The van der Waals surface area contributed by atoms with Crippen LogP contribution in [0.4, 0.5) is 5.69 Å².